The molecule has 3 rings (SSSR count). The normalized spacial score (nSPS) is 11.9. The number of aromatic nitrogens is 3. The molecule has 0 amide bonds. The second kappa shape index (κ2) is 6.51. The maximum absolute atomic E-state index is 12.0. The third-order valence-corrected chi connectivity index (χ3v) is 3.57. The molecule has 0 aliphatic heterocycles. The van der Waals surface area contributed by atoms with Crippen molar-refractivity contribution in [1.29, 1.82) is 0 Å². The van der Waals surface area contributed by atoms with Gasteiger partial charge in [0.1, 0.15) is 6.33 Å². The third kappa shape index (κ3) is 3.50. The zero-order valence-corrected chi connectivity index (χ0v) is 12.6. The lowest BCUT2D eigenvalue weighted by molar-refractivity contribution is 0.570. The first-order chi connectivity index (χ1) is 11.1. The van der Waals surface area contributed by atoms with Crippen molar-refractivity contribution < 1.29 is 8.76 Å². The van der Waals surface area contributed by atoms with E-state index in [1.165, 1.54) is 17.0 Å². The van der Waals surface area contributed by atoms with Crippen LogP contribution < -0.4 is 10.3 Å². The summed E-state index contributed by atoms with van der Waals surface area (Å²) in [6.45, 7) is 0. The molecule has 2 aromatic heterocycles. The topological polar surface area (TPSA) is 97.1 Å². The molecule has 0 bridgehead atoms. The average molecular weight is 328 g/mol. The number of nitrogens with zero attached hydrogens (tertiary/aromatic N) is 3. The van der Waals surface area contributed by atoms with Gasteiger partial charge in [-0.25, -0.2) is 14.2 Å². The molecule has 0 spiro atoms. The van der Waals surface area contributed by atoms with Crippen LogP contribution in [0.3, 0.4) is 0 Å². The number of hydrogen-bond donors (Lipinski definition) is 2. The van der Waals surface area contributed by atoms with Crippen molar-refractivity contribution in [3.63, 3.8) is 0 Å². The first-order valence-corrected chi connectivity index (χ1v) is 7.70. The molecular weight excluding hydrogens is 316 g/mol. The molecule has 0 aliphatic carbocycles. The van der Waals surface area contributed by atoms with Gasteiger partial charge in [-0.15, -0.1) is 0 Å². The van der Waals surface area contributed by atoms with E-state index in [0.29, 0.717) is 11.4 Å². The molecular formula is C15H12N4O3S. The van der Waals surface area contributed by atoms with Gasteiger partial charge in [0.25, 0.3) is 16.8 Å². The highest BCUT2D eigenvalue weighted by Gasteiger charge is 2.04. The number of benzene rings is 1. The fourth-order valence-corrected chi connectivity index (χ4v) is 2.44. The highest BCUT2D eigenvalue weighted by atomic mass is 32.2. The van der Waals surface area contributed by atoms with E-state index >= 15 is 0 Å². The highest BCUT2D eigenvalue weighted by molar-refractivity contribution is 7.80. The molecule has 0 saturated heterocycles. The van der Waals surface area contributed by atoms with Gasteiger partial charge in [-0.05, 0) is 29.3 Å². The van der Waals surface area contributed by atoms with E-state index in [-0.39, 0.29) is 5.56 Å². The highest BCUT2D eigenvalue weighted by Crippen LogP contribution is 2.21. The molecule has 1 unspecified atom stereocenters. The largest absolute Gasteiger partial charge is 0.289 e. The van der Waals surface area contributed by atoms with Crippen LogP contribution >= 0.6 is 0 Å². The van der Waals surface area contributed by atoms with Gasteiger partial charge >= 0.3 is 0 Å². The van der Waals surface area contributed by atoms with Crippen molar-refractivity contribution >= 4 is 17.0 Å². The zero-order valence-electron chi connectivity index (χ0n) is 11.8. The summed E-state index contributed by atoms with van der Waals surface area (Å²) in [5, 5.41) is 0. The Balaban J connectivity index is 1.98. The molecule has 1 atom stereocenters. The van der Waals surface area contributed by atoms with Gasteiger partial charge in [0, 0.05) is 18.0 Å². The minimum absolute atomic E-state index is 0.183. The second-order valence-electron chi connectivity index (χ2n) is 4.65. The number of pyridine rings is 1. The average Bonchev–Trinajstić information content (AvgIpc) is 2.56. The van der Waals surface area contributed by atoms with Crippen LogP contribution in [0.1, 0.15) is 0 Å². The van der Waals surface area contributed by atoms with Gasteiger partial charge in [0.15, 0.2) is 0 Å². The minimum atomic E-state index is -2.11. The van der Waals surface area contributed by atoms with Gasteiger partial charge in [-0.2, -0.15) is 0 Å². The van der Waals surface area contributed by atoms with E-state index in [2.05, 4.69) is 14.7 Å². The molecule has 0 radical (unpaired) electrons. The van der Waals surface area contributed by atoms with Crippen molar-refractivity contribution in [2.24, 2.45) is 0 Å². The Morgan fingerprint density at radius 2 is 1.65 bits per heavy atom. The molecule has 7 nitrogen and oxygen atoms in total. The number of nitrogens with one attached hydrogen (secondary N) is 1. The second-order valence-corrected chi connectivity index (χ2v) is 5.35. The van der Waals surface area contributed by atoms with E-state index in [1.807, 2.05) is 0 Å². The Kier molecular flexibility index (Phi) is 4.26. The molecule has 0 aliphatic rings. The number of hydrogen-bond acceptors (Lipinski definition) is 4. The third-order valence-electron chi connectivity index (χ3n) is 3.16. The zero-order chi connectivity index (χ0) is 16.2. The lowest BCUT2D eigenvalue weighted by Gasteiger charge is -2.08. The molecule has 0 fully saturated rings. The maximum Gasteiger partial charge on any atom is 0.259 e. The monoisotopic (exact) mass is 328 g/mol. The predicted octanol–water partition coefficient (Wildman–Crippen LogP) is 1.84. The van der Waals surface area contributed by atoms with E-state index in [1.54, 1.807) is 48.9 Å². The Labute approximate surface area is 134 Å². The summed E-state index contributed by atoms with van der Waals surface area (Å²) in [7, 11) is 0. The van der Waals surface area contributed by atoms with Crippen LogP contribution in [-0.4, -0.2) is 23.3 Å². The quantitative estimate of drug-likeness (QED) is 0.712. The fourth-order valence-electron chi connectivity index (χ4n) is 2.11. The van der Waals surface area contributed by atoms with Crippen LogP contribution in [0.5, 0.6) is 0 Å². The van der Waals surface area contributed by atoms with Gasteiger partial charge in [0.2, 0.25) is 0 Å². The summed E-state index contributed by atoms with van der Waals surface area (Å²) in [6.07, 6.45) is 6.21. The minimum Gasteiger partial charge on any atom is -0.289 e. The molecule has 8 heteroatoms. The Hall–Kier alpha value is -2.84. The smallest absolute Gasteiger partial charge is 0.259 e. The molecule has 23 heavy (non-hydrogen) atoms. The summed E-state index contributed by atoms with van der Waals surface area (Å²) in [6, 6.07) is 10.1. The maximum atomic E-state index is 12.0. The number of anilines is 1. The molecule has 116 valence electrons. The Bertz CT molecular complexity index is 895. The van der Waals surface area contributed by atoms with Gasteiger partial charge in [0.05, 0.1) is 18.1 Å². The van der Waals surface area contributed by atoms with Crippen molar-refractivity contribution in [2.75, 3.05) is 4.72 Å². The predicted molar refractivity (Wildman–Crippen MR) is 87.5 cm³/mol. The van der Waals surface area contributed by atoms with Crippen LogP contribution in [0.4, 0.5) is 5.69 Å². The molecule has 2 N–H and O–H groups in total. The van der Waals surface area contributed by atoms with Gasteiger partial charge in [-0.3, -0.25) is 18.6 Å². The first kappa shape index (κ1) is 15.1. The van der Waals surface area contributed by atoms with Crippen LogP contribution in [0.25, 0.3) is 16.8 Å². The molecule has 1 aromatic carbocycles. The van der Waals surface area contributed by atoms with Gasteiger partial charge in [-0.1, -0.05) is 12.1 Å². The van der Waals surface area contributed by atoms with Crippen molar-refractivity contribution in [1.82, 2.24) is 14.5 Å². The van der Waals surface area contributed by atoms with Crippen molar-refractivity contribution in [2.45, 2.75) is 0 Å². The number of rotatable bonds is 4. The molecule has 0 saturated carbocycles. The molecule has 3 aromatic rings. The van der Waals surface area contributed by atoms with Crippen molar-refractivity contribution in [3.05, 3.63) is 71.7 Å². The molecule has 2 heterocycles. The van der Waals surface area contributed by atoms with Crippen LogP contribution in [0.15, 0.2) is 66.1 Å². The Morgan fingerprint density at radius 1 is 1.00 bits per heavy atom. The van der Waals surface area contributed by atoms with Crippen LogP contribution in [0, 0.1) is 0 Å². The summed E-state index contributed by atoms with van der Waals surface area (Å²) in [4.78, 5) is 19.8. The lowest BCUT2D eigenvalue weighted by atomic mass is 10.1. The van der Waals surface area contributed by atoms with E-state index < -0.39 is 11.3 Å². The summed E-state index contributed by atoms with van der Waals surface area (Å²) < 4.78 is 23.4. The van der Waals surface area contributed by atoms with Crippen LogP contribution in [-0.2, 0) is 11.3 Å². The van der Waals surface area contributed by atoms with Crippen LogP contribution in [0.2, 0.25) is 0 Å². The summed E-state index contributed by atoms with van der Waals surface area (Å²) in [5.41, 5.74) is 2.61. The van der Waals surface area contributed by atoms with E-state index in [0.717, 1.165) is 11.1 Å². The van der Waals surface area contributed by atoms with E-state index in [4.69, 9.17) is 4.55 Å². The summed E-state index contributed by atoms with van der Waals surface area (Å²) in [5.74, 6) is 0. The summed E-state index contributed by atoms with van der Waals surface area (Å²) >= 11 is -2.11. The fraction of sp³-hybridized carbons (Fsp3) is 0. The lowest BCUT2D eigenvalue weighted by Crippen LogP contribution is -2.16. The van der Waals surface area contributed by atoms with E-state index in [9.17, 15) is 9.00 Å². The Morgan fingerprint density at radius 3 is 2.30 bits per heavy atom. The van der Waals surface area contributed by atoms with Gasteiger partial charge < -0.3 is 0 Å². The van der Waals surface area contributed by atoms with Crippen molar-refractivity contribution in [3.8, 4) is 16.8 Å². The standard InChI is InChI=1S/C15H12N4O3S/c20-15-6-3-12(9-19(15)14-7-16-10-17-8-14)11-1-4-13(5-2-11)18-23(21)22/h1-10,18H,(H,21,22). The first-order valence-electron chi connectivity index (χ1n) is 6.59. The SMILES string of the molecule is O=c1ccc(-c2ccc(NS(=O)O)cc2)cn1-c1cncnc1.